The lowest BCUT2D eigenvalue weighted by molar-refractivity contribution is 0.314. The van der Waals surface area contributed by atoms with E-state index >= 15 is 0 Å². The molecule has 0 radical (unpaired) electrons. The van der Waals surface area contributed by atoms with Gasteiger partial charge in [0.25, 0.3) is 0 Å². The lowest BCUT2D eigenvalue weighted by Gasteiger charge is -2.37. The Bertz CT molecular complexity index is 373. The van der Waals surface area contributed by atoms with Crippen molar-refractivity contribution in [2.75, 3.05) is 24.6 Å². The molecule has 4 heteroatoms. The van der Waals surface area contributed by atoms with Gasteiger partial charge in [0.15, 0.2) is 11.6 Å². The minimum Gasteiger partial charge on any atom is -0.490 e. The molecule has 1 N–H and O–H groups in total. The van der Waals surface area contributed by atoms with E-state index in [9.17, 15) is 0 Å². The Balaban J connectivity index is 2.15. The molecule has 1 aromatic rings. The molecule has 1 aliphatic heterocycles. The molecule has 0 aliphatic carbocycles. The fourth-order valence-electron chi connectivity index (χ4n) is 2.44. The SMILES string of the molecule is CCCOc1cccnc1N1CC(C)NC(C)C1. The van der Waals surface area contributed by atoms with Crippen LogP contribution in [0.3, 0.4) is 0 Å². The van der Waals surface area contributed by atoms with Gasteiger partial charge in [-0.25, -0.2) is 4.98 Å². The zero-order chi connectivity index (χ0) is 13.0. The van der Waals surface area contributed by atoms with Crippen molar-refractivity contribution >= 4 is 5.82 Å². The standard InChI is InChI=1S/C14H23N3O/c1-4-8-18-13-6-5-7-15-14(13)17-9-11(2)16-12(3)10-17/h5-7,11-12,16H,4,8-10H2,1-3H3. The van der Waals surface area contributed by atoms with E-state index in [1.165, 1.54) is 0 Å². The number of nitrogens with one attached hydrogen (secondary N) is 1. The Hall–Kier alpha value is -1.29. The molecule has 0 saturated carbocycles. The van der Waals surface area contributed by atoms with E-state index in [1.54, 1.807) is 0 Å². The Kier molecular flexibility index (Phi) is 4.42. The minimum absolute atomic E-state index is 0.481. The van der Waals surface area contributed by atoms with E-state index in [0.29, 0.717) is 12.1 Å². The molecule has 2 atom stereocenters. The second-order valence-electron chi connectivity index (χ2n) is 5.05. The number of nitrogens with zero attached hydrogens (tertiary/aromatic N) is 2. The maximum atomic E-state index is 5.79. The van der Waals surface area contributed by atoms with Crippen molar-refractivity contribution in [2.45, 2.75) is 39.3 Å². The lowest BCUT2D eigenvalue weighted by atomic mass is 10.1. The highest BCUT2D eigenvalue weighted by Crippen LogP contribution is 2.26. The first-order valence-electron chi connectivity index (χ1n) is 6.79. The average molecular weight is 249 g/mol. The minimum atomic E-state index is 0.481. The smallest absolute Gasteiger partial charge is 0.171 e. The summed E-state index contributed by atoms with van der Waals surface area (Å²) >= 11 is 0. The Morgan fingerprint density at radius 1 is 1.39 bits per heavy atom. The molecule has 0 aromatic carbocycles. The Morgan fingerprint density at radius 2 is 2.11 bits per heavy atom. The number of ether oxygens (including phenoxy) is 1. The van der Waals surface area contributed by atoms with E-state index in [2.05, 4.69) is 36.0 Å². The van der Waals surface area contributed by atoms with E-state index in [-0.39, 0.29) is 0 Å². The van der Waals surface area contributed by atoms with E-state index in [4.69, 9.17) is 4.74 Å². The quantitative estimate of drug-likeness (QED) is 0.886. The van der Waals surface area contributed by atoms with Gasteiger partial charge in [0.2, 0.25) is 0 Å². The maximum absolute atomic E-state index is 5.79. The fraction of sp³-hybridized carbons (Fsp3) is 0.643. The molecule has 100 valence electrons. The zero-order valence-corrected chi connectivity index (χ0v) is 11.5. The lowest BCUT2D eigenvalue weighted by Crippen LogP contribution is -2.54. The molecule has 2 unspecified atom stereocenters. The predicted octanol–water partition coefficient (Wildman–Crippen LogP) is 2.06. The summed E-state index contributed by atoms with van der Waals surface area (Å²) in [7, 11) is 0. The maximum Gasteiger partial charge on any atom is 0.171 e. The molecule has 18 heavy (non-hydrogen) atoms. The molecule has 1 aliphatic rings. The molecule has 1 fully saturated rings. The van der Waals surface area contributed by atoms with Crippen molar-refractivity contribution in [3.8, 4) is 5.75 Å². The van der Waals surface area contributed by atoms with E-state index < -0.39 is 0 Å². The summed E-state index contributed by atoms with van der Waals surface area (Å²) in [6, 6.07) is 4.91. The Morgan fingerprint density at radius 3 is 2.78 bits per heavy atom. The number of aromatic nitrogens is 1. The summed E-state index contributed by atoms with van der Waals surface area (Å²) < 4.78 is 5.79. The molecular weight excluding hydrogens is 226 g/mol. The van der Waals surface area contributed by atoms with E-state index in [0.717, 1.165) is 37.7 Å². The van der Waals surface area contributed by atoms with Gasteiger partial charge in [-0.15, -0.1) is 0 Å². The third kappa shape index (κ3) is 3.13. The van der Waals surface area contributed by atoms with Crippen LogP contribution < -0.4 is 15.0 Å². The van der Waals surface area contributed by atoms with Crippen LogP contribution in [0, 0.1) is 0 Å². The van der Waals surface area contributed by atoms with Gasteiger partial charge in [-0.3, -0.25) is 0 Å². The highest BCUT2D eigenvalue weighted by molar-refractivity contribution is 5.52. The van der Waals surface area contributed by atoms with Crippen LogP contribution in [0.4, 0.5) is 5.82 Å². The number of hydrogen-bond donors (Lipinski definition) is 1. The average Bonchev–Trinajstić information content (AvgIpc) is 2.35. The van der Waals surface area contributed by atoms with Crippen molar-refractivity contribution < 1.29 is 4.74 Å². The summed E-state index contributed by atoms with van der Waals surface area (Å²) in [5.74, 6) is 1.88. The number of anilines is 1. The number of piperazine rings is 1. The highest BCUT2D eigenvalue weighted by atomic mass is 16.5. The molecular formula is C14H23N3O. The van der Waals surface area contributed by atoms with Crippen LogP contribution >= 0.6 is 0 Å². The summed E-state index contributed by atoms with van der Waals surface area (Å²) in [6.45, 7) is 9.23. The van der Waals surface area contributed by atoms with Gasteiger partial charge in [0, 0.05) is 31.4 Å². The van der Waals surface area contributed by atoms with Gasteiger partial charge >= 0.3 is 0 Å². The topological polar surface area (TPSA) is 37.4 Å². The summed E-state index contributed by atoms with van der Waals surface area (Å²) in [5, 5.41) is 3.53. The van der Waals surface area contributed by atoms with Crippen molar-refractivity contribution in [3.05, 3.63) is 18.3 Å². The molecule has 0 amide bonds. The van der Waals surface area contributed by atoms with Crippen molar-refractivity contribution in [2.24, 2.45) is 0 Å². The van der Waals surface area contributed by atoms with Crippen LogP contribution in [0.2, 0.25) is 0 Å². The van der Waals surface area contributed by atoms with E-state index in [1.807, 2.05) is 18.3 Å². The second kappa shape index (κ2) is 6.05. The van der Waals surface area contributed by atoms with Crippen LogP contribution in [0.1, 0.15) is 27.2 Å². The zero-order valence-electron chi connectivity index (χ0n) is 11.5. The van der Waals surface area contributed by atoms with Crippen LogP contribution in [-0.2, 0) is 0 Å². The number of hydrogen-bond acceptors (Lipinski definition) is 4. The molecule has 2 heterocycles. The van der Waals surface area contributed by atoms with Gasteiger partial charge in [-0.05, 0) is 32.4 Å². The molecule has 2 rings (SSSR count). The normalized spacial score (nSPS) is 24.1. The van der Waals surface area contributed by atoms with Crippen molar-refractivity contribution in [3.63, 3.8) is 0 Å². The molecule has 4 nitrogen and oxygen atoms in total. The fourth-order valence-corrected chi connectivity index (χ4v) is 2.44. The van der Waals surface area contributed by atoms with Crippen molar-refractivity contribution in [1.29, 1.82) is 0 Å². The summed E-state index contributed by atoms with van der Waals surface area (Å²) in [5.41, 5.74) is 0. The first kappa shape index (κ1) is 13.1. The van der Waals surface area contributed by atoms with Gasteiger partial charge in [0.05, 0.1) is 6.61 Å². The predicted molar refractivity (Wildman–Crippen MR) is 74.3 cm³/mol. The molecule has 0 spiro atoms. The van der Waals surface area contributed by atoms with Crippen LogP contribution in [0.5, 0.6) is 5.75 Å². The molecule has 1 aromatic heterocycles. The highest BCUT2D eigenvalue weighted by Gasteiger charge is 2.23. The van der Waals surface area contributed by atoms with Gasteiger partial charge < -0.3 is 15.0 Å². The third-order valence-electron chi connectivity index (χ3n) is 3.07. The number of rotatable bonds is 4. The van der Waals surface area contributed by atoms with Gasteiger partial charge in [0.1, 0.15) is 0 Å². The molecule has 0 bridgehead atoms. The van der Waals surface area contributed by atoms with Crippen molar-refractivity contribution in [1.82, 2.24) is 10.3 Å². The second-order valence-corrected chi connectivity index (χ2v) is 5.05. The Labute approximate surface area is 109 Å². The van der Waals surface area contributed by atoms with Gasteiger partial charge in [-0.2, -0.15) is 0 Å². The number of pyridine rings is 1. The van der Waals surface area contributed by atoms with Crippen LogP contribution in [0.15, 0.2) is 18.3 Å². The van der Waals surface area contributed by atoms with Crippen LogP contribution in [-0.4, -0.2) is 36.8 Å². The summed E-state index contributed by atoms with van der Waals surface area (Å²) in [4.78, 5) is 6.81. The monoisotopic (exact) mass is 249 g/mol. The van der Waals surface area contributed by atoms with Gasteiger partial charge in [-0.1, -0.05) is 6.92 Å². The first-order valence-corrected chi connectivity index (χ1v) is 6.79. The van der Waals surface area contributed by atoms with Crippen LogP contribution in [0.25, 0.3) is 0 Å². The third-order valence-corrected chi connectivity index (χ3v) is 3.07. The summed E-state index contributed by atoms with van der Waals surface area (Å²) in [6.07, 6.45) is 2.86. The largest absolute Gasteiger partial charge is 0.490 e. The first-order chi connectivity index (χ1) is 8.70. The molecule has 1 saturated heterocycles.